The molecule has 0 radical (unpaired) electrons. The zero-order valence-corrected chi connectivity index (χ0v) is 19.1. The molecule has 4 rings (SSSR count). The first-order valence-electron chi connectivity index (χ1n) is 11.0. The topological polar surface area (TPSA) is 159 Å². The third-order valence-corrected chi connectivity index (χ3v) is 5.62. The van der Waals surface area contributed by atoms with Gasteiger partial charge >= 0.3 is 5.97 Å². The highest BCUT2D eigenvalue weighted by Crippen LogP contribution is 2.29. The normalized spacial score (nSPS) is 14.8. The first kappa shape index (κ1) is 25.0. The van der Waals surface area contributed by atoms with Crippen LogP contribution in [0, 0.1) is 26.1 Å². The maximum absolute atomic E-state index is 12.5. The summed E-state index contributed by atoms with van der Waals surface area (Å²) < 4.78 is 10.7. The number of ketones is 1. The fourth-order valence-electron chi connectivity index (χ4n) is 3.71. The minimum absolute atomic E-state index is 0.0122. The molecule has 0 unspecified atom stereocenters. The Bertz CT molecular complexity index is 1370. The van der Waals surface area contributed by atoms with E-state index in [0.29, 0.717) is 17.2 Å². The standard InChI is InChI=1S/C25H19N3O9/c29-23(16-4-8-21(9-5-16)37-22-10-6-18(7-11-22)27(32)33)15-36-25(31)17-12-24(30)26(14-17)19-2-1-3-20(13-19)28(34)35/h1-11,13,17H,12,14-15H2/t17-/m0/s1. The van der Waals surface area contributed by atoms with Crippen molar-refractivity contribution < 1.29 is 33.7 Å². The van der Waals surface area contributed by atoms with Crippen LogP contribution in [0.15, 0.2) is 72.8 Å². The lowest BCUT2D eigenvalue weighted by atomic mass is 10.1. The van der Waals surface area contributed by atoms with Gasteiger partial charge < -0.3 is 14.4 Å². The van der Waals surface area contributed by atoms with Crippen LogP contribution in [0.3, 0.4) is 0 Å². The largest absolute Gasteiger partial charge is 0.457 e. The molecule has 1 fully saturated rings. The Balaban J connectivity index is 1.30. The Morgan fingerprint density at radius 2 is 1.51 bits per heavy atom. The lowest BCUT2D eigenvalue weighted by molar-refractivity contribution is -0.385. The summed E-state index contributed by atoms with van der Waals surface area (Å²) in [5.41, 5.74) is 0.332. The van der Waals surface area contributed by atoms with Crippen LogP contribution in [0.4, 0.5) is 17.1 Å². The van der Waals surface area contributed by atoms with E-state index < -0.39 is 34.1 Å². The van der Waals surface area contributed by atoms with Crippen molar-refractivity contribution in [3.05, 3.63) is 98.6 Å². The van der Waals surface area contributed by atoms with E-state index in [0.717, 1.165) is 0 Å². The second kappa shape index (κ2) is 10.6. The number of carbonyl (C=O) groups excluding carboxylic acids is 3. The van der Waals surface area contributed by atoms with Crippen molar-refractivity contribution >= 4 is 34.7 Å². The molecule has 0 aliphatic carbocycles. The molecule has 0 bridgehead atoms. The van der Waals surface area contributed by atoms with E-state index in [1.165, 1.54) is 77.7 Å². The number of amides is 1. The molecule has 1 amide bonds. The summed E-state index contributed by atoms with van der Waals surface area (Å²) in [7, 11) is 0. The summed E-state index contributed by atoms with van der Waals surface area (Å²) in [4.78, 5) is 59.2. The molecule has 12 nitrogen and oxygen atoms in total. The molecule has 1 atom stereocenters. The Morgan fingerprint density at radius 3 is 2.14 bits per heavy atom. The zero-order chi connectivity index (χ0) is 26.5. The summed E-state index contributed by atoms with van der Waals surface area (Å²) in [5, 5.41) is 21.7. The monoisotopic (exact) mass is 505 g/mol. The number of nitrogens with zero attached hydrogens (tertiary/aromatic N) is 3. The average molecular weight is 505 g/mol. The SMILES string of the molecule is O=C(COC(=O)[C@H]1CC(=O)N(c2cccc([N+](=O)[O-])c2)C1)c1ccc(Oc2ccc([N+](=O)[O-])cc2)cc1. The molecule has 37 heavy (non-hydrogen) atoms. The van der Waals surface area contributed by atoms with E-state index in [4.69, 9.17) is 9.47 Å². The Morgan fingerprint density at radius 1 is 0.892 bits per heavy atom. The number of non-ortho nitro benzene ring substituents is 2. The smallest absolute Gasteiger partial charge is 0.311 e. The summed E-state index contributed by atoms with van der Waals surface area (Å²) in [5.74, 6) is -1.59. The number of hydrogen-bond acceptors (Lipinski definition) is 9. The molecule has 3 aromatic carbocycles. The van der Waals surface area contributed by atoms with Gasteiger partial charge in [-0.15, -0.1) is 0 Å². The maximum Gasteiger partial charge on any atom is 0.311 e. The minimum Gasteiger partial charge on any atom is -0.457 e. The minimum atomic E-state index is -0.808. The van der Waals surface area contributed by atoms with Crippen LogP contribution < -0.4 is 9.64 Å². The number of esters is 1. The summed E-state index contributed by atoms with van der Waals surface area (Å²) >= 11 is 0. The molecule has 1 heterocycles. The van der Waals surface area contributed by atoms with Gasteiger partial charge in [-0.3, -0.25) is 34.6 Å². The molecule has 1 aliphatic heterocycles. The van der Waals surface area contributed by atoms with Crippen LogP contribution in [-0.4, -0.2) is 40.7 Å². The van der Waals surface area contributed by atoms with E-state index in [9.17, 15) is 34.6 Å². The number of anilines is 1. The van der Waals surface area contributed by atoms with Crippen LogP contribution in [0.25, 0.3) is 0 Å². The molecule has 0 saturated carbocycles. The fourth-order valence-corrected chi connectivity index (χ4v) is 3.71. The quantitative estimate of drug-likeness (QED) is 0.181. The first-order valence-corrected chi connectivity index (χ1v) is 11.0. The number of Topliss-reactive ketones (excluding diaryl/α,β-unsaturated/α-hetero) is 1. The number of carbonyl (C=O) groups is 3. The van der Waals surface area contributed by atoms with Gasteiger partial charge in [0.25, 0.3) is 11.4 Å². The van der Waals surface area contributed by atoms with Gasteiger partial charge in [0.1, 0.15) is 11.5 Å². The maximum atomic E-state index is 12.5. The average Bonchev–Trinajstić information content (AvgIpc) is 3.29. The van der Waals surface area contributed by atoms with Gasteiger partial charge in [0, 0.05) is 42.8 Å². The van der Waals surface area contributed by atoms with Crippen molar-refractivity contribution in [2.45, 2.75) is 6.42 Å². The Labute approximate surface area is 209 Å². The van der Waals surface area contributed by atoms with E-state index >= 15 is 0 Å². The third kappa shape index (κ3) is 5.93. The van der Waals surface area contributed by atoms with Crippen molar-refractivity contribution in [1.29, 1.82) is 0 Å². The van der Waals surface area contributed by atoms with E-state index in [-0.39, 0.29) is 35.8 Å². The molecular weight excluding hydrogens is 486 g/mol. The van der Waals surface area contributed by atoms with Crippen molar-refractivity contribution in [3.8, 4) is 11.5 Å². The Hall–Kier alpha value is -5.13. The number of ether oxygens (including phenoxy) is 2. The lowest BCUT2D eigenvalue weighted by Crippen LogP contribution is -2.27. The van der Waals surface area contributed by atoms with Crippen molar-refractivity contribution in [3.63, 3.8) is 0 Å². The summed E-state index contributed by atoms with van der Waals surface area (Å²) in [6.45, 7) is -0.537. The number of benzene rings is 3. The Kier molecular flexibility index (Phi) is 7.19. The van der Waals surface area contributed by atoms with Crippen LogP contribution in [0.2, 0.25) is 0 Å². The number of hydrogen-bond donors (Lipinski definition) is 0. The van der Waals surface area contributed by atoms with Gasteiger partial charge in [-0.1, -0.05) is 6.07 Å². The van der Waals surface area contributed by atoms with E-state index in [1.807, 2.05) is 0 Å². The number of nitro groups is 2. The predicted molar refractivity (Wildman–Crippen MR) is 128 cm³/mol. The van der Waals surface area contributed by atoms with Crippen molar-refractivity contribution in [2.75, 3.05) is 18.1 Å². The summed E-state index contributed by atoms with van der Waals surface area (Å²) in [6, 6.07) is 17.1. The molecule has 0 aromatic heterocycles. The van der Waals surface area contributed by atoms with Gasteiger partial charge in [0.15, 0.2) is 12.4 Å². The van der Waals surface area contributed by atoms with Gasteiger partial charge in [0.2, 0.25) is 5.91 Å². The zero-order valence-electron chi connectivity index (χ0n) is 19.1. The van der Waals surface area contributed by atoms with E-state index in [2.05, 4.69) is 0 Å². The second-order valence-electron chi connectivity index (χ2n) is 8.09. The molecular formula is C25H19N3O9. The van der Waals surface area contributed by atoms with Crippen LogP contribution >= 0.6 is 0 Å². The van der Waals surface area contributed by atoms with Crippen molar-refractivity contribution in [2.24, 2.45) is 5.92 Å². The predicted octanol–water partition coefficient (Wildman–Crippen LogP) is 4.07. The van der Waals surface area contributed by atoms with Crippen LogP contribution in [0.1, 0.15) is 16.8 Å². The third-order valence-electron chi connectivity index (χ3n) is 5.62. The lowest BCUT2D eigenvalue weighted by Gasteiger charge is -2.16. The van der Waals surface area contributed by atoms with Crippen LogP contribution in [0.5, 0.6) is 11.5 Å². The summed E-state index contributed by atoms with van der Waals surface area (Å²) in [6.07, 6.45) is -0.135. The highest BCUT2D eigenvalue weighted by molar-refractivity contribution is 6.01. The number of rotatable bonds is 9. The van der Waals surface area contributed by atoms with E-state index in [1.54, 1.807) is 0 Å². The van der Waals surface area contributed by atoms with Crippen molar-refractivity contribution in [1.82, 2.24) is 0 Å². The number of nitro benzene ring substituents is 2. The van der Waals surface area contributed by atoms with Gasteiger partial charge in [-0.2, -0.15) is 0 Å². The molecule has 1 aliphatic rings. The molecule has 0 N–H and O–H groups in total. The molecule has 1 saturated heterocycles. The molecule has 12 heteroatoms. The van der Waals surface area contributed by atoms with Gasteiger partial charge in [-0.05, 0) is 42.5 Å². The second-order valence-corrected chi connectivity index (χ2v) is 8.09. The molecule has 3 aromatic rings. The molecule has 0 spiro atoms. The fraction of sp³-hybridized carbons (Fsp3) is 0.160. The van der Waals surface area contributed by atoms with Crippen LogP contribution in [-0.2, 0) is 14.3 Å². The molecule has 188 valence electrons. The van der Waals surface area contributed by atoms with Gasteiger partial charge in [0.05, 0.1) is 21.5 Å². The highest BCUT2D eigenvalue weighted by Gasteiger charge is 2.36. The highest BCUT2D eigenvalue weighted by atomic mass is 16.6. The first-order chi connectivity index (χ1) is 17.7. The van der Waals surface area contributed by atoms with Gasteiger partial charge in [-0.25, -0.2) is 0 Å².